The van der Waals surface area contributed by atoms with Crippen LogP contribution in [0.2, 0.25) is 5.02 Å². The van der Waals surface area contributed by atoms with Crippen LogP contribution < -0.4 is 14.9 Å². The van der Waals surface area contributed by atoms with E-state index in [4.69, 9.17) is 11.6 Å². The molecule has 0 saturated heterocycles. The lowest BCUT2D eigenvalue weighted by atomic mass is 10.1. The smallest absolute Gasteiger partial charge is 0.240 e. The summed E-state index contributed by atoms with van der Waals surface area (Å²) in [5.41, 5.74) is 3.01. The number of sulfonamides is 1. The number of amides is 2. The Bertz CT molecular complexity index is 1100. The van der Waals surface area contributed by atoms with E-state index in [1.54, 1.807) is 29.2 Å². The van der Waals surface area contributed by atoms with Crippen molar-refractivity contribution in [3.05, 3.63) is 52.5 Å². The fraction of sp³-hybridized carbons (Fsp3) is 0.333. The summed E-state index contributed by atoms with van der Waals surface area (Å²) in [5, 5.41) is 3.10. The summed E-state index contributed by atoms with van der Waals surface area (Å²) < 4.78 is 27.7. The Morgan fingerprint density at radius 1 is 1.20 bits per heavy atom. The van der Waals surface area contributed by atoms with E-state index in [9.17, 15) is 18.0 Å². The van der Waals surface area contributed by atoms with Gasteiger partial charge in [0.05, 0.1) is 15.6 Å². The maximum Gasteiger partial charge on any atom is 0.240 e. The first-order chi connectivity index (χ1) is 14.1. The molecular formula is C21H24ClN3O4S. The first-order valence-corrected chi connectivity index (χ1v) is 11.4. The summed E-state index contributed by atoms with van der Waals surface area (Å²) in [6, 6.07) is 9.97. The molecule has 2 aromatic rings. The minimum Gasteiger partial charge on any atom is -0.325 e. The van der Waals surface area contributed by atoms with E-state index < -0.39 is 10.0 Å². The van der Waals surface area contributed by atoms with Gasteiger partial charge in [0.25, 0.3) is 0 Å². The van der Waals surface area contributed by atoms with Crippen molar-refractivity contribution < 1.29 is 18.0 Å². The van der Waals surface area contributed by atoms with Gasteiger partial charge in [-0.15, -0.1) is 0 Å². The standard InChI is InChI=1S/C21H24ClN3O4S/c1-13-4-6-19(18(22)10-13)24-21(27)8-9-23-30(28,29)17-5-7-20-16(12-17)11-14(2)25(20)15(3)26/h4-7,10,12,14,23H,8-9,11H2,1-3H3,(H,24,27). The average molecular weight is 450 g/mol. The quantitative estimate of drug-likeness (QED) is 0.707. The third kappa shape index (κ3) is 4.83. The molecule has 0 radical (unpaired) electrons. The summed E-state index contributed by atoms with van der Waals surface area (Å²) in [4.78, 5) is 25.7. The molecule has 0 saturated carbocycles. The van der Waals surface area contributed by atoms with Crippen molar-refractivity contribution in [3.8, 4) is 0 Å². The van der Waals surface area contributed by atoms with Crippen molar-refractivity contribution in [1.29, 1.82) is 0 Å². The number of nitrogens with zero attached hydrogens (tertiary/aromatic N) is 1. The summed E-state index contributed by atoms with van der Waals surface area (Å²) in [5.74, 6) is -0.419. The van der Waals surface area contributed by atoms with Gasteiger partial charge in [-0.05, 0) is 61.7 Å². The molecule has 7 nitrogen and oxygen atoms in total. The predicted molar refractivity (Wildman–Crippen MR) is 117 cm³/mol. The fourth-order valence-corrected chi connectivity index (χ4v) is 4.94. The Morgan fingerprint density at radius 2 is 1.93 bits per heavy atom. The molecule has 0 aromatic heterocycles. The Morgan fingerprint density at radius 3 is 2.60 bits per heavy atom. The van der Waals surface area contributed by atoms with Crippen molar-refractivity contribution in [3.63, 3.8) is 0 Å². The molecule has 3 rings (SSSR count). The lowest BCUT2D eigenvalue weighted by Gasteiger charge is -2.20. The second-order valence-electron chi connectivity index (χ2n) is 7.41. The lowest BCUT2D eigenvalue weighted by Crippen LogP contribution is -2.33. The summed E-state index contributed by atoms with van der Waals surface area (Å²) in [6.45, 7) is 5.26. The van der Waals surface area contributed by atoms with Crippen LogP contribution in [0.1, 0.15) is 31.4 Å². The normalized spacial score (nSPS) is 15.7. The molecule has 2 N–H and O–H groups in total. The number of carbonyl (C=O) groups excluding carboxylic acids is 2. The molecule has 0 bridgehead atoms. The molecule has 30 heavy (non-hydrogen) atoms. The highest BCUT2D eigenvalue weighted by Gasteiger charge is 2.30. The minimum absolute atomic E-state index is 0.0132. The van der Waals surface area contributed by atoms with Gasteiger partial charge in [-0.2, -0.15) is 0 Å². The Hall–Kier alpha value is -2.42. The summed E-state index contributed by atoms with van der Waals surface area (Å²) in [6.07, 6.45) is 0.557. The molecule has 0 spiro atoms. The van der Waals surface area contributed by atoms with Gasteiger partial charge in [0, 0.05) is 31.6 Å². The van der Waals surface area contributed by atoms with E-state index in [2.05, 4.69) is 10.0 Å². The number of rotatable bonds is 6. The van der Waals surface area contributed by atoms with E-state index in [0.717, 1.165) is 16.8 Å². The van der Waals surface area contributed by atoms with Crippen LogP contribution in [0, 0.1) is 6.92 Å². The number of anilines is 2. The van der Waals surface area contributed by atoms with Gasteiger partial charge >= 0.3 is 0 Å². The van der Waals surface area contributed by atoms with Crippen LogP contribution in [0.4, 0.5) is 11.4 Å². The average Bonchev–Trinajstić information content (AvgIpc) is 2.99. The molecule has 0 fully saturated rings. The highest BCUT2D eigenvalue weighted by Crippen LogP contribution is 2.33. The largest absolute Gasteiger partial charge is 0.325 e. The number of halogens is 1. The van der Waals surface area contributed by atoms with Crippen molar-refractivity contribution in [2.45, 2.75) is 44.6 Å². The van der Waals surface area contributed by atoms with Crippen LogP contribution >= 0.6 is 11.6 Å². The van der Waals surface area contributed by atoms with E-state index in [0.29, 0.717) is 17.1 Å². The van der Waals surface area contributed by atoms with Gasteiger partial charge in [0.2, 0.25) is 21.8 Å². The van der Waals surface area contributed by atoms with Gasteiger partial charge in [-0.25, -0.2) is 13.1 Å². The predicted octanol–water partition coefficient (Wildman–Crippen LogP) is 3.25. The third-order valence-electron chi connectivity index (χ3n) is 4.96. The number of aryl methyl sites for hydroxylation is 1. The SMILES string of the molecule is CC(=O)N1c2ccc(S(=O)(=O)NCCC(=O)Nc3ccc(C)cc3Cl)cc2CC1C. The molecule has 1 heterocycles. The van der Waals surface area contributed by atoms with Gasteiger partial charge < -0.3 is 10.2 Å². The Kier molecular flexibility index (Phi) is 6.50. The summed E-state index contributed by atoms with van der Waals surface area (Å²) >= 11 is 6.10. The molecule has 9 heteroatoms. The number of carbonyl (C=O) groups is 2. The first kappa shape index (κ1) is 22.3. The molecule has 1 aliphatic heterocycles. The Balaban J connectivity index is 1.61. The number of nitrogens with one attached hydrogen (secondary N) is 2. The van der Waals surface area contributed by atoms with Gasteiger partial charge in [-0.1, -0.05) is 17.7 Å². The van der Waals surface area contributed by atoms with Gasteiger partial charge in [0.15, 0.2) is 0 Å². The molecule has 2 amide bonds. The molecule has 1 atom stereocenters. The van der Waals surface area contributed by atoms with Crippen LogP contribution in [0.25, 0.3) is 0 Å². The molecule has 0 aliphatic carbocycles. The van der Waals surface area contributed by atoms with Gasteiger partial charge in [-0.3, -0.25) is 9.59 Å². The Labute approximate surface area is 181 Å². The number of hydrogen-bond donors (Lipinski definition) is 2. The zero-order valence-electron chi connectivity index (χ0n) is 17.0. The zero-order chi connectivity index (χ0) is 22.1. The maximum atomic E-state index is 12.6. The monoisotopic (exact) mass is 449 g/mol. The van der Waals surface area contributed by atoms with Crippen molar-refractivity contribution >= 4 is 44.8 Å². The highest BCUT2D eigenvalue weighted by atomic mass is 35.5. The fourth-order valence-electron chi connectivity index (χ4n) is 3.57. The molecule has 2 aromatic carbocycles. The molecule has 160 valence electrons. The zero-order valence-corrected chi connectivity index (χ0v) is 18.6. The minimum atomic E-state index is -3.78. The van der Waals surface area contributed by atoms with E-state index >= 15 is 0 Å². The van der Waals surface area contributed by atoms with Crippen LogP contribution in [0.15, 0.2) is 41.3 Å². The maximum absolute atomic E-state index is 12.6. The summed E-state index contributed by atoms with van der Waals surface area (Å²) in [7, 11) is -3.78. The van der Waals surface area contributed by atoms with Crippen LogP contribution in [0.3, 0.4) is 0 Å². The molecule has 1 aliphatic rings. The van der Waals surface area contributed by atoms with Crippen LogP contribution in [-0.4, -0.2) is 32.8 Å². The van der Waals surface area contributed by atoms with Gasteiger partial charge in [0.1, 0.15) is 0 Å². The second-order valence-corrected chi connectivity index (χ2v) is 9.59. The number of hydrogen-bond acceptors (Lipinski definition) is 4. The van der Waals surface area contributed by atoms with E-state index in [-0.39, 0.29) is 35.7 Å². The first-order valence-electron chi connectivity index (χ1n) is 9.57. The number of benzene rings is 2. The van der Waals surface area contributed by atoms with Crippen molar-refractivity contribution in [2.75, 3.05) is 16.8 Å². The number of fused-ring (bicyclic) bond motifs is 1. The third-order valence-corrected chi connectivity index (χ3v) is 6.73. The van der Waals surface area contributed by atoms with Crippen LogP contribution in [-0.2, 0) is 26.0 Å². The second kappa shape index (κ2) is 8.75. The van der Waals surface area contributed by atoms with Crippen LogP contribution in [0.5, 0.6) is 0 Å². The highest BCUT2D eigenvalue weighted by molar-refractivity contribution is 7.89. The van der Waals surface area contributed by atoms with Crippen molar-refractivity contribution in [2.24, 2.45) is 0 Å². The molecule has 1 unspecified atom stereocenters. The topological polar surface area (TPSA) is 95.6 Å². The lowest BCUT2D eigenvalue weighted by molar-refractivity contribution is -0.117. The molecular weight excluding hydrogens is 426 g/mol. The van der Waals surface area contributed by atoms with Crippen molar-refractivity contribution in [1.82, 2.24) is 4.72 Å². The van der Waals surface area contributed by atoms with E-state index in [1.807, 2.05) is 19.9 Å². The van der Waals surface area contributed by atoms with E-state index in [1.165, 1.54) is 13.0 Å².